The second-order valence-electron chi connectivity index (χ2n) is 9.44. The fraction of sp³-hybridized carbons (Fsp3) is 0.731. The van der Waals surface area contributed by atoms with Crippen molar-refractivity contribution in [3.05, 3.63) is 23.3 Å². The molecule has 0 aromatic carbocycles. The highest BCUT2D eigenvalue weighted by Gasteiger charge is 2.39. The fourth-order valence-corrected chi connectivity index (χ4v) is 4.02. The summed E-state index contributed by atoms with van der Waals surface area (Å²) >= 11 is 0. The van der Waals surface area contributed by atoms with Gasteiger partial charge in [0.15, 0.2) is 0 Å². The largest absolute Gasteiger partial charge is 0.462 e. The molecule has 1 saturated heterocycles. The number of carbonyl (C=O) groups is 3. The molecular formula is C26H42O7. The van der Waals surface area contributed by atoms with Gasteiger partial charge in [0.2, 0.25) is 0 Å². The summed E-state index contributed by atoms with van der Waals surface area (Å²) in [7, 11) is 0. The van der Waals surface area contributed by atoms with Gasteiger partial charge in [0.1, 0.15) is 24.4 Å². The molecule has 4 atom stereocenters. The number of rotatable bonds is 11. The maximum Gasteiger partial charge on any atom is 0.303 e. The Morgan fingerprint density at radius 1 is 1.12 bits per heavy atom. The molecule has 1 aliphatic heterocycles. The van der Waals surface area contributed by atoms with Crippen molar-refractivity contribution in [2.75, 3.05) is 13.2 Å². The zero-order valence-corrected chi connectivity index (χ0v) is 21.4. The molecule has 0 N–H and O–H groups in total. The molecular weight excluding hydrogens is 424 g/mol. The number of esters is 3. The molecule has 7 nitrogen and oxygen atoms in total. The van der Waals surface area contributed by atoms with Crippen LogP contribution in [0.25, 0.3) is 0 Å². The highest BCUT2D eigenvalue weighted by molar-refractivity contribution is 5.66. The lowest BCUT2D eigenvalue weighted by Gasteiger charge is -2.35. The number of allylic oxidation sites excluding steroid dienone is 1. The number of carbonyl (C=O) groups excluding carboxylic acids is 3. The van der Waals surface area contributed by atoms with E-state index in [0.29, 0.717) is 32.3 Å². The molecule has 1 rings (SSSR count). The Hall–Kier alpha value is -2.15. The predicted molar refractivity (Wildman–Crippen MR) is 126 cm³/mol. The molecule has 2 unspecified atom stereocenters. The highest BCUT2D eigenvalue weighted by Crippen LogP contribution is 2.34. The second kappa shape index (κ2) is 14.2. The van der Waals surface area contributed by atoms with E-state index in [2.05, 4.69) is 13.0 Å². The molecule has 0 bridgehead atoms. The van der Waals surface area contributed by atoms with Crippen LogP contribution in [-0.2, 0) is 33.3 Å². The summed E-state index contributed by atoms with van der Waals surface area (Å²) in [6.45, 7) is 13.0. The van der Waals surface area contributed by atoms with E-state index in [1.165, 1.54) is 26.3 Å². The zero-order valence-electron chi connectivity index (χ0n) is 21.4. The molecule has 33 heavy (non-hydrogen) atoms. The van der Waals surface area contributed by atoms with Gasteiger partial charge >= 0.3 is 17.9 Å². The Balaban J connectivity index is 2.80. The van der Waals surface area contributed by atoms with Crippen molar-refractivity contribution in [2.24, 2.45) is 5.92 Å². The standard InChI is InChI=1S/C26H42O7/c1-18(2)10-12-24(32-21(5)28)19(3)9-8-15-26(7)25(33-22(6)29)13-11-23(17-31-26)14-16-30-20(4)27/h10,14,19,24-25H,8-9,11-13,15-17H2,1-7H3/t19?,24?,25-,26+/m1/s1. The van der Waals surface area contributed by atoms with Crippen LogP contribution < -0.4 is 0 Å². The topological polar surface area (TPSA) is 88.1 Å². The summed E-state index contributed by atoms with van der Waals surface area (Å²) in [5.41, 5.74) is 1.60. The lowest BCUT2D eigenvalue weighted by atomic mass is 9.86. The van der Waals surface area contributed by atoms with E-state index < -0.39 is 5.60 Å². The van der Waals surface area contributed by atoms with Crippen molar-refractivity contribution in [1.29, 1.82) is 0 Å². The third kappa shape index (κ3) is 11.5. The first-order valence-electron chi connectivity index (χ1n) is 11.9. The van der Waals surface area contributed by atoms with Crippen molar-refractivity contribution in [3.8, 4) is 0 Å². The molecule has 0 aromatic heterocycles. The number of ether oxygens (including phenoxy) is 4. The number of hydrogen-bond donors (Lipinski definition) is 0. The van der Waals surface area contributed by atoms with Gasteiger partial charge in [-0.25, -0.2) is 0 Å². The minimum atomic E-state index is -0.626. The average Bonchev–Trinajstić information content (AvgIpc) is 2.84. The van der Waals surface area contributed by atoms with Gasteiger partial charge in [-0.15, -0.1) is 0 Å². The van der Waals surface area contributed by atoms with E-state index in [9.17, 15) is 14.4 Å². The quantitative estimate of drug-likeness (QED) is 0.239. The molecule has 0 radical (unpaired) electrons. The Kier molecular flexibility index (Phi) is 12.4. The lowest BCUT2D eigenvalue weighted by molar-refractivity contribution is -0.168. The fourth-order valence-electron chi connectivity index (χ4n) is 4.02. The first kappa shape index (κ1) is 28.9. The third-order valence-electron chi connectivity index (χ3n) is 6.01. The molecule has 0 spiro atoms. The van der Waals surface area contributed by atoms with Gasteiger partial charge in [-0.3, -0.25) is 14.4 Å². The Morgan fingerprint density at radius 2 is 1.82 bits per heavy atom. The van der Waals surface area contributed by atoms with Gasteiger partial charge in [-0.1, -0.05) is 25.0 Å². The third-order valence-corrected chi connectivity index (χ3v) is 6.01. The predicted octanol–water partition coefficient (Wildman–Crippen LogP) is 5.07. The zero-order chi connectivity index (χ0) is 25.0. The highest BCUT2D eigenvalue weighted by atomic mass is 16.6. The second-order valence-corrected chi connectivity index (χ2v) is 9.44. The van der Waals surface area contributed by atoms with Crippen LogP contribution in [0.3, 0.4) is 0 Å². The molecule has 1 aliphatic rings. The first-order chi connectivity index (χ1) is 15.4. The molecule has 0 saturated carbocycles. The van der Waals surface area contributed by atoms with Crippen molar-refractivity contribution < 1.29 is 33.3 Å². The normalized spacial score (nSPS) is 23.7. The molecule has 0 aromatic rings. The summed E-state index contributed by atoms with van der Waals surface area (Å²) < 4.78 is 22.5. The van der Waals surface area contributed by atoms with Crippen LogP contribution in [0.15, 0.2) is 23.3 Å². The lowest BCUT2D eigenvalue weighted by Crippen LogP contribution is -2.43. The summed E-state index contributed by atoms with van der Waals surface area (Å²) in [6.07, 6.45) is 7.90. The Labute approximate surface area is 198 Å². The van der Waals surface area contributed by atoms with E-state index in [-0.39, 0.29) is 42.6 Å². The van der Waals surface area contributed by atoms with Crippen molar-refractivity contribution >= 4 is 17.9 Å². The van der Waals surface area contributed by atoms with Crippen LogP contribution in [-0.4, -0.2) is 48.9 Å². The van der Waals surface area contributed by atoms with E-state index in [1.807, 2.05) is 26.8 Å². The minimum Gasteiger partial charge on any atom is -0.462 e. The molecule has 1 heterocycles. The monoisotopic (exact) mass is 466 g/mol. The van der Waals surface area contributed by atoms with Crippen LogP contribution >= 0.6 is 0 Å². The molecule has 1 fully saturated rings. The van der Waals surface area contributed by atoms with Crippen molar-refractivity contribution in [1.82, 2.24) is 0 Å². The Bertz CT molecular complexity index is 720. The summed E-state index contributed by atoms with van der Waals surface area (Å²) in [5, 5.41) is 0. The summed E-state index contributed by atoms with van der Waals surface area (Å²) in [4.78, 5) is 34.3. The van der Waals surface area contributed by atoms with E-state index in [0.717, 1.165) is 18.4 Å². The van der Waals surface area contributed by atoms with E-state index in [1.54, 1.807) is 0 Å². The maximum absolute atomic E-state index is 11.7. The summed E-state index contributed by atoms with van der Waals surface area (Å²) in [5.74, 6) is -0.733. The van der Waals surface area contributed by atoms with Gasteiger partial charge in [0, 0.05) is 27.2 Å². The minimum absolute atomic E-state index is 0.166. The first-order valence-corrected chi connectivity index (χ1v) is 11.9. The SMILES string of the molecule is CC(=O)OCC=C1CC[C@@H](OC(C)=O)[C@](C)(CCCC(C)C(CC=C(C)C)OC(C)=O)OC1. The smallest absolute Gasteiger partial charge is 0.303 e. The maximum atomic E-state index is 11.7. The molecule has 188 valence electrons. The number of hydrogen-bond acceptors (Lipinski definition) is 7. The molecule has 7 heteroatoms. The Morgan fingerprint density at radius 3 is 2.39 bits per heavy atom. The van der Waals surface area contributed by atoms with E-state index >= 15 is 0 Å². The average molecular weight is 467 g/mol. The molecule has 0 aliphatic carbocycles. The van der Waals surface area contributed by atoms with Gasteiger partial charge < -0.3 is 18.9 Å². The molecule has 0 amide bonds. The van der Waals surface area contributed by atoms with E-state index in [4.69, 9.17) is 18.9 Å². The van der Waals surface area contributed by atoms with Crippen LogP contribution in [0.2, 0.25) is 0 Å². The summed E-state index contributed by atoms with van der Waals surface area (Å²) in [6, 6.07) is 0. The van der Waals surface area contributed by atoms with Gasteiger partial charge in [-0.2, -0.15) is 0 Å². The van der Waals surface area contributed by atoms with Crippen LogP contribution in [0.5, 0.6) is 0 Å². The van der Waals surface area contributed by atoms with Gasteiger partial charge in [0.05, 0.1) is 6.61 Å². The van der Waals surface area contributed by atoms with Crippen LogP contribution in [0.1, 0.15) is 87.0 Å². The van der Waals surface area contributed by atoms with Crippen molar-refractivity contribution in [3.63, 3.8) is 0 Å². The van der Waals surface area contributed by atoms with Crippen molar-refractivity contribution in [2.45, 2.75) is 105 Å². The van der Waals surface area contributed by atoms with Crippen LogP contribution in [0, 0.1) is 5.92 Å². The van der Waals surface area contributed by atoms with Gasteiger partial charge in [-0.05, 0) is 64.0 Å². The van der Waals surface area contributed by atoms with Crippen LogP contribution in [0.4, 0.5) is 0 Å². The van der Waals surface area contributed by atoms with Gasteiger partial charge in [0.25, 0.3) is 0 Å².